The number of carbonyl (C=O) groups excluding carboxylic acids is 1. The van der Waals surface area contributed by atoms with Gasteiger partial charge in [0.05, 0.1) is 19.7 Å². The van der Waals surface area contributed by atoms with Gasteiger partial charge < -0.3 is 19.5 Å². The number of hydrazine groups is 1. The topological polar surface area (TPSA) is 125 Å². The van der Waals surface area contributed by atoms with Gasteiger partial charge in [0.15, 0.2) is 6.10 Å². The third-order valence-electron chi connectivity index (χ3n) is 4.34. The van der Waals surface area contributed by atoms with Gasteiger partial charge in [-0.05, 0) is 34.0 Å². The zero-order chi connectivity index (χ0) is 22.4. The summed E-state index contributed by atoms with van der Waals surface area (Å²) in [6.45, 7) is -0.209. The predicted molar refractivity (Wildman–Crippen MR) is 111 cm³/mol. The summed E-state index contributed by atoms with van der Waals surface area (Å²) < 4.78 is 9.76. The van der Waals surface area contributed by atoms with Gasteiger partial charge in [-0.2, -0.15) is 0 Å². The van der Waals surface area contributed by atoms with Crippen molar-refractivity contribution >= 4 is 23.5 Å². The number of aromatic nitrogens is 1. The second-order valence-corrected chi connectivity index (χ2v) is 7.05. The molecule has 3 rings (SSSR count). The summed E-state index contributed by atoms with van der Waals surface area (Å²) in [5.41, 5.74) is 5.19. The number of aliphatic carboxylic acids is 1. The standard InChI is InChI=1S/C21H20ClN3O6/c1-30-19-10-18(31-24-19)20(27)23-25(12-17(26)21(28)29)11-13-5-7-14(8-6-13)15-3-2-4-16(22)9-15/h2-10,17,26H,11-12H2,1H3,(H,23,27)(H,28,29)/t17-/m1/s1. The van der Waals surface area contributed by atoms with E-state index in [9.17, 15) is 14.7 Å². The number of nitrogens with zero attached hydrogens (tertiary/aromatic N) is 2. The lowest BCUT2D eigenvalue weighted by atomic mass is 10.0. The van der Waals surface area contributed by atoms with E-state index < -0.39 is 18.0 Å². The van der Waals surface area contributed by atoms with Gasteiger partial charge in [0, 0.05) is 11.6 Å². The first kappa shape index (κ1) is 22.3. The molecule has 1 atom stereocenters. The highest BCUT2D eigenvalue weighted by molar-refractivity contribution is 6.30. The van der Waals surface area contributed by atoms with E-state index in [0.717, 1.165) is 16.7 Å². The van der Waals surface area contributed by atoms with E-state index in [1.807, 2.05) is 42.5 Å². The molecule has 0 saturated carbocycles. The summed E-state index contributed by atoms with van der Waals surface area (Å²) in [5, 5.41) is 24.2. The van der Waals surface area contributed by atoms with E-state index in [1.165, 1.54) is 18.2 Å². The Morgan fingerprint density at radius 2 is 1.94 bits per heavy atom. The van der Waals surface area contributed by atoms with E-state index in [1.54, 1.807) is 6.07 Å². The van der Waals surface area contributed by atoms with Crippen molar-refractivity contribution < 1.29 is 29.1 Å². The molecular formula is C21H20ClN3O6. The van der Waals surface area contributed by atoms with Crippen LogP contribution in [0.4, 0.5) is 0 Å². The quantitative estimate of drug-likeness (QED) is 0.429. The molecule has 0 saturated heterocycles. The van der Waals surface area contributed by atoms with Gasteiger partial charge in [-0.15, -0.1) is 0 Å². The molecule has 3 N–H and O–H groups in total. The number of rotatable bonds is 9. The predicted octanol–water partition coefficient (Wildman–Crippen LogP) is 2.60. The molecule has 31 heavy (non-hydrogen) atoms. The number of hydrogen-bond acceptors (Lipinski definition) is 7. The smallest absolute Gasteiger partial charge is 0.333 e. The summed E-state index contributed by atoms with van der Waals surface area (Å²) in [7, 11) is 1.38. The maximum atomic E-state index is 12.4. The first-order valence-electron chi connectivity index (χ1n) is 9.18. The van der Waals surface area contributed by atoms with Crippen LogP contribution < -0.4 is 10.2 Å². The molecule has 0 aliphatic rings. The van der Waals surface area contributed by atoms with Crippen LogP contribution in [0.15, 0.2) is 59.1 Å². The molecule has 0 bridgehead atoms. The Labute approximate surface area is 182 Å². The molecule has 2 aromatic carbocycles. The molecule has 0 spiro atoms. The van der Waals surface area contributed by atoms with E-state index in [-0.39, 0.29) is 24.7 Å². The van der Waals surface area contributed by atoms with Crippen LogP contribution in [0.1, 0.15) is 16.1 Å². The Kier molecular flexibility index (Phi) is 7.24. The van der Waals surface area contributed by atoms with Gasteiger partial charge in [-0.3, -0.25) is 10.2 Å². The fourth-order valence-electron chi connectivity index (χ4n) is 2.79. The van der Waals surface area contributed by atoms with E-state index >= 15 is 0 Å². The lowest BCUT2D eigenvalue weighted by molar-refractivity contribution is -0.148. The minimum atomic E-state index is -1.70. The maximum absolute atomic E-state index is 12.4. The van der Waals surface area contributed by atoms with Crippen LogP contribution in [-0.2, 0) is 11.3 Å². The Hall–Kier alpha value is -3.40. The summed E-state index contributed by atoms with van der Waals surface area (Å²) in [6, 6.07) is 16.2. The van der Waals surface area contributed by atoms with Gasteiger partial charge in [-0.1, -0.05) is 48.0 Å². The number of nitrogens with one attached hydrogen (secondary N) is 1. The Balaban J connectivity index is 1.74. The van der Waals surface area contributed by atoms with Gasteiger partial charge in [-0.25, -0.2) is 9.80 Å². The first-order valence-corrected chi connectivity index (χ1v) is 9.56. The van der Waals surface area contributed by atoms with Crippen LogP contribution in [0.25, 0.3) is 11.1 Å². The Morgan fingerprint density at radius 3 is 2.55 bits per heavy atom. The maximum Gasteiger partial charge on any atom is 0.333 e. The van der Waals surface area contributed by atoms with Crippen molar-refractivity contribution in [2.24, 2.45) is 0 Å². The molecule has 0 unspecified atom stereocenters. The minimum absolute atomic E-state index is 0.122. The van der Waals surface area contributed by atoms with E-state index in [4.69, 9.17) is 26.0 Å². The van der Waals surface area contributed by atoms with Crippen molar-refractivity contribution in [1.29, 1.82) is 0 Å². The normalized spacial score (nSPS) is 11.9. The van der Waals surface area contributed by atoms with Crippen LogP contribution in [0.3, 0.4) is 0 Å². The van der Waals surface area contributed by atoms with Crippen molar-refractivity contribution in [2.75, 3.05) is 13.7 Å². The second kappa shape index (κ2) is 10.1. The number of carboxylic acid groups (broad SMARTS) is 1. The lowest BCUT2D eigenvalue weighted by Crippen LogP contribution is -2.47. The fraction of sp³-hybridized carbons (Fsp3) is 0.190. The number of carboxylic acids is 1. The fourth-order valence-corrected chi connectivity index (χ4v) is 2.98. The number of benzene rings is 2. The van der Waals surface area contributed by atoms with E-state index in [0.29, 0.717) is 5.02 Å². The molecule has 0 fully saturated rings. The molecule has 0 aliphatic heterocycles. The number of aliphatic hydroxyl groups excluding tert-OH is 1. The molecule has 3 aromatic rings. The van der Waals surface area contributed by atoms with Crippen molar-refractivity contribution in [3.8, 4) is 17.0 Å². The summed E-state index contributed by atoms with van der Waals surface area (Å²) in [6.07, 6.45) is -1.70. The monoisotopic (exact) mass is 445 g/mol. The van der Waals surface area contributed by atoms with Crippen LogP contribution >= 0.6 is 11.6 Å². The number of amides is 1. The Morgan fingerprint density at radius 1 is 1.19 bits per heavy atom. The van der Waals surface area contributed by atoms with Crippen molar-refractivity contribution in [1.82, 2.24) is 15.6 Å². The van der Waals surface area contributed by atoms with Crippen molar-refractivity contribution in [3.05, 3.63) is 70.9 Å². The van der Waals surface area contributed by atoms with Crippen LogP contribution in [-0.4, -0.2) is 52.0 Å². The molecule has 0 aliphatic carbocycles. The average Bonchev–Trinajstić information content (AvgIpc) is 3.23. The highest BCUT2D eigenvalue weighted by Gasteiger charge is 2.22. The van der Waals surface area contributed by atoms with Crippen LogP contribution in [0.2, 0.25) is 5.02 Å². The molecule has 1 heterocycles. The second-order valence-electron chi connectivity index (χ2n) is 6.62. The number of halogens is 1. The zero-order valence-corrected chi connectivity index (χ0v) is 17.2. The van der Waals surface area contributed by atoms with Gasteiger partial charge in [0.25, 0.3) is 5.88 Å². The van der Waals surface area contributed by atoms with Gasteiger partial charge >= 0.3 is 11.9 Å². The van der Waals surface area contributed by atoms with Gasteiger partial charge in [0.1, 0.15) is 0 Å². The summed E-state index contributed by atoms with van der Waals surface area (Å²) in [4.78, 5) is 23.5. The Bertz CT molecular complexity index is 1050. The SMILES string of the molecule is COc1cc(C(=O)NN(Cc2ccc(-c3cccc(Cl)c3)cc2)C[C@@H](O)C(=O)O)on1. The molecule has 162 valence electrons. The number of ether oxygens (including phenoxy) is 1. The van der Waals surface area contributed by atoms with Crippen molar-refractivity contribution in [2.45, 2.75) is 12.6 Å². The number of carbonyl (C=O) groups is 2. The van der Waals surface area contributed by atoms with Crippen LogP contribution in [0.5, 0.6) is 5.88 Å². The van der Waals surface area contributed by atoms with E-state index in [2.05, 4.69) is 10.6 Å². The minimum Gasteiger partial charge on any atom is -0.479 e. The third-order valence-corrected chi connectivity index (χ3v) is 4.58. The summed E-state index contributed by atoms with van der Waals surface area (Å²) in [5.74, 6) is -2.07. The number of hydrogen-bond donors (Lipinski definition) is 3. The van der Waals surface area contributed by atoms with Crippen molar-refractivity contribution in [3.63, 3.8) is 0 Å². The molecule has 1 amide bonds. The molecule has 9 nitrogen and oxygen atoms in total. The number of methoxy groups -OCH3 is 1. The zero-order valence-electron chi connectivity index (χ0n) is 16.5. The summed E-state index contributed by atoms with van der Waals surface area (Å²) >= 11 is 6.04. The largest absolute Gasteiger partial charge is 0.479 e. The lowest BCUT2D eigenvalue weighted by Gasteiger charge is -2.24. The molecule has 1 aromatic heterocycles. The average molecular weight is 446 g/mol. The molecular weight excluding hydrogens is 426 g/mol. The highest BCUT2D eigenvalue weighted by Crippen LogP contribution is 2.23. The third kappa shape index (κ3) is 6.05. The molecule has 0 radical (unpaired) electrons. The van der Waals surface area contributed by atoms with Gasteiger partial charge in [0.2, 0.25) is 5.76 Å². The molecule has 10 heteroatoms. The van der Waals surface area contributed by atoms with Crippen LogP contribution in [0, 0.1) is 0 Å². The first-order chi connectivity index (χ1) is 14.9. The highest BCUT2D eigenvalue weighted by atomic mass is 35.5. The number of aliphatic hydroxyl groups is 1.